The van der Waals surface area contributed by atoms with Crippen molar-refractivity contribution in [3.05, 3.63) is 52.1 Å². The monoisotopic (exact) mass is 321 g/mol. The first-order valence-corrected chi connectivity index (χ1v) is 7.58. The minimum atomic E-state index is 0.581. The normalized spacial score (nSPS) is 10.9. The second-order valence-corrected chi connectivity index (χ2v) is 6.49. The molecule has 1 heterocycles. The van der Waals surface area contributed by atoms with Gasteiger partial charge in [-0.1, -0.05) is 37.7 Å². The third kappa shape index (κ3) is 3.36. The van der Waals surface area contributed by atoms with E-state index < -0.39 is 0 Å². The van der Waals surface area contributed by atoms with Gasteiger partial charge in [0.25, 0.3) is 0 Å². The summed E-state index contributed by atoms with van der Waals surface area (Å²) in [5.41, 5.74) is 2.40. The second kappa shape index (κ2) is 5.89. The summed E-state index contributed by atoms with van der Waals surface area (Å²) in [5, 5.41) is 1.04. The predicted molar refractivity (Wildman–Crippen MR) is 81.3 cm³/mol. The average molecular weight is 322 g/mol. The summed E-state index contributed by atoms with van der Waals surface area (Å²) < 4.78 is 1.06. The van der Waals surface area contributed by atoms with Crippen LogP contribution < -0.4 is 0 Å². The van der Waals surface area contributed by atoms with Crippen molar-refractivity contribution in [3.8, 4) is 0 Å². The first-order valence-electron chi connectivity index (χ1n) is 5.97. The first-order chi connectivity index (χ1) is 8.56. The van der Waals surface area contributed by atoms with Gasteiger partial charge in [0.2, 0.25) is 0 Å². The van der Waals surface area contributed by atoms with E-state index in [0.29, 0.717) is 5.92 Å². The van der Waals surface area contributed by atoms with Gasteiger partial charge in [0, 0.05) is 9.37 Å². The van der Waals surface area contributed by atoms with Gasteiger partial charge in [0.15, 0.2) is 0 Å². The van der Waals surface area contributed by atoms with E-state index in [4.69, 9.17) is 0 Å². The highest BCUT2D eigenvalue weighted by Crippen LogP contribution is 2.29. The van der Waals surface area contributed by atoms with E-state index >= 15 is 0 Å². The lowest BCUT2D eigenvalue weighted by Crippen LogP contribution is -1.87. The van der Waals surface area contributed by atoms with Crippen LogP contribution in [0.4, 0.5) is 0 Å². The standard InChI is InChI=1S/C15H16BrNS/c1-10(2)12-4-6-13(7-5-12)18-15-9-8-14(16)11(3)17-15/h4-10H,1-3H3. The van der Waals surface area contributed by atoms with E-state index in [0.717, 1.165) is 15.2 Å². The molecule has 0 fully saturated rings. The minimum Gasteiger partial charge on any atom is -0.245 e. The zero-order valence-electron chi connectivity index (χ0n) is 10.8. The van der Waals surface area contributed by atoms with Gasteiger partial charge in [-0.15, -0.1) is 0 Å². The van der Waals surface area contributed by atoms with Crippen LogP contribution in [0.3, 0.4) is 0 Å². The minimum absolute atomic E-state index is 0.581. The molecule has 0 aliphatic carbocycles. The predicted octanol–water partition coefficient (Wildman–Crippen LogP) is 5.43. The molecule has 2 rings (SSSR count). The zero-order valence-corrected chi connectivity index (χ0v) is 13.2. The molecule has 0 aliphatic rings. The first kappa shape index (κ1) is 13.6. The molecule has 1 nitrogen and oxygen atoms in total. The lowest BCUT2D eigenvalue weighted by molar-refractivity contribution is 0.865. The molecule has 18 heavy (non-hydrogen) atoms. The molecule has 2 aromatic rings. The summed E-state index contributed by atoms with van der Waals surface area (Å²) in [6.45, 7) is 6.43. The van der Waals surface area contributed by atoms with E-state index in [-0.39, 0.29) is 0 Å². The van der Waals surface area contributed by atoms with Gasteiger partial charge in [-0.05, 0) is 58.6 Å². The number of rotatable bonds is 3. The molecule has 0 spiro atoms. The van der Waals surface area contributed by atoms with Gasteiger partial charge >= 0.3 is 0 Å². The number of aryl methyl sites for hydroxylation is 1. The van der Waals surface area contributed by atoms with Crippen molar-refractivity contribution in [2.24, 2.45) is 0 Å². The molecule has 0 saturated carbocycles. The Kier molecular flexibility index (Phi) is 4.46. The van der Waals surface area contributed by atoms with Gasteiger partial charge in [0.05, 0.1) is 5.69 Å². The summed E-state index contributed by atoms with van der Waals surface area (Å²) in [6.07, 6.45) is 0. The van der Waals surface area contributed by atoms with E-state index in [1.165, 1.54) is 10.5 Å². The van der Waals surface area contributed by atoms with E-state index in [1.54, 1.807) is 11.8 Å². The van der Waals surface area contributed by atoms with Crippen molar-refractivity contribution < 1.29 is 0 Å². The number of aromatic nitrogens is 1. The summed E-state index contributed by atoms with van der Waals surface area (Å²) in [7, 11) is 0. The van der Waals surface area contributed by atoms with Gasteiger partial charge in [-0.3, -0.25) is 0 Å². The Bertz CT molecular complexity index is 535. The Hall–Kier alpha value is -0.800. The van der Waals surface area contributed by atoms with Gasteiger partial charge < -0.3 is 0 Å². The molecular formula is C15H16BrNS. The Morgan fingerprint density at radius 3 is 2.28 bits per heavy atom. The van der Waals surface area contributed by atoms with Crippen LogP contribution in [0, 0.1) is 6.92 Å². The lowest BCUT2D eigenvalue weighted by Gasteiger charge is -2.07. The number of hydrogen-bond donors (Lipinski definition) is 0. The molecule has 3 heteroatoms. The topological polar surface area (TPSA) is 12.9 Å². The molecule has 0 unspecified atom stereocenters. The molecule has 0 radical (unpaired) electrons. The number of hydrogen-bond acceptors (Lipinski definition) is 2. The van der Waals surface area contributed by atoms with Crippen LogP contribution >= 0.6 is 27.7 Å². The van der Waals surface area contributed by atoms with Crippen LogP contribution in [-0.2, 0) is 0 Å². The highest BCUT2D eigenvalue weighted by molar-refractivity contribution is 9.10. The fourth-order valence-corrected chi connectivity index (χ4v) is 2.67. The molecule has 0 N–H and O–H groups in total. The van der Waals surface area contributed by atoms with Crippen molar-refractivity contribution in [2.45, 2.75) is 36.6 Å². The van der Waals surface area contributed by atoms with Crippen molar-refractivity contribution >= 4 is 27.7 Å². The summed E-state index contributed by atoms with van der Waals surface area (Å²) in [4.78, 5) is 5.77. The molecular weight excluding hydrogens is 306 g/mol. The number of nitrogens with zero attached hydrogens (tertiary/aromatic N) is 1. The fourth-order valence-electron chi connectivity index (χ4n) is 1.62. The second-order valence-electron chi connectivity index (χ2n) is 4.54. The maximum Gasteiger partial charge on any atom is 0.101 e. The van der Waals surface area contributed by atoms with Crippen LogP contribution in [0.1, 0.15) is 31.0 Å². The summed E-state index contributed by atoms with van der Waals surface area (Å²) in [5.74, 6) is 0.581. The van der Waals surface area contributed by atoms with E-state index in [1.807, 2.05) is 19.1 Å². The van der Waals surface area contributed by atoms with Gasteiger partial charge in [-0.2, -0.15) is 0 Å². The van der Waals surface area contributed by atoms with Crippen molar-refractivity contribution in [1.82, 2.24) is 4.98 Å². The van der Waals surface area contributed by atoms with Gasteiger partial charge in [-0.25, -0.2) is 4.98 Å². The van der Waals surface area contributed by atoms with Crippen LogP contribution in [0.25, 0.3) is 0 Å². The Morgan fingerprint density at radius 1 is 1.06 bits per heavy atom. The highest BCUT2D eigenvalue weighted by atomic mass is 79.9. The van der Waals surface area contributed by atoms with Gasteiger partial charge in [0.1, 0.15) is 5.03 Å². The third-order valence-corrected chi connectivity index (χ3v) is 4.55. The quantitative estimate of drug-likeness (QED) is 0.747. The van der Waals surface area contributed by atoms with Crippen LogP contribution in [0.2, 0.25) is 0 Å². The van der Waals surface area contributed by atoms with Crippen molar-refractivity contribution in [2.75, 3.05) is 0 Å². The largest absolute Gasteiger partial charge is 0.245 e. The fraction of sp³-hybridized carbons (Fsp3) is 0.267. The number of benzene rings is 1. The highest BCUT2D eigenvalue weighted by Gasteiger charge is 2.03. The summed E-state index contributed by atoms with van der Waals surface area (Å²) in [6, 6.07) is 12.8. The molecule has 0 atom stereocenters. The van der Waals surface area contributed by atoms with Crippen molar-refractivity contribution in [3.63, 3.8) is 0 Å². The lowest BCUT2D eigenvalue weighted by atomic mass is 10.0. The molecule has 0 amide bonds. The zero-order chi connectivity index (χ0) is 13.1. The molecule has 1 aromatic heterocycles. The van der Waals surface area contributed by atoms with Crippen LogP contribution in [0.15, 0.2) is 50.8 Å². The third-order valence-electron chi connectivity index (χ3n) is 2.76. The maximum absolute atomic E-state index is 4.54. The Morgan fingerprint density at radius 2 is 1.72 bits per heavy atom. The van der Waals surface area contributed by atoms with Crippen LogP contribution in [0.5, 0.6) is 0 Å². The molecule has 0 saturated heterocycles. The smallest absolute Gasteiger partial charge is 0.101 e. The molecule has 0 bridgehead atoms. The number of pyridine rings is 1. The maximum atomic E-state index is 4.54. The van der Waals surface area contributed by atoms with Crippen LogP contribution in [-0.4, -0.2) is 4.98 Å². The average Bonchev–Trinajstić information content (AvgIpc) is 2.34. The molecule has 94 valence electrons. The number of halogens is 1. The Labute approximate surface area is 121 Å². The van der Waals surface area contributed by atoms with E-state index in [9.17, 15) is 0 Å². The van der Waals surface area contributed by atoms with Crippen molar-refractivity contribution in [1.29, 1.82) is 0 Å². The molecule has 0 aliphatic heterocycles. The molecule has 1 aromatic carbocycles. The SMILES string of the molecule is Cc1nc(Sc2ccc(C(C)C)cc2)ccc1Br. The Balaban J connectivity index is 2.15. The van der Waals surface area contributed by atoms with E-state index in [2.05, 4.69) is 59.0 Å². The summed E-state index contributed by atoms with van der Waals surface area (Å²) >= 11 is 5.17.